The van der Waals surface area contributed by atoms with Crippen molar-refractivity contribution in [2.24, 2.45) is 13.0 Å². The average molecular weight is 251 g/mol. The van der Waals surface area contributed by atoms with Gasteiger partial charge in [-0.15, -0.1) is 0 Å². The fourth-order valence-electron chi connectivity index (χ4n) is 2.41. The first-order valence-corrected chi connectivity index (χ1v) is 6.55. The zero-order valence-electron chi connectivity index (χ0n) is 11.0. The van der Waals surface area contributed by atoms with Crippen molar-refractivity contribution in [3.05, 3.63) is 17.5 Å². The summed E-state index contributed by atoms with van der Waals surface area (Å²) < 4.78 is 1.68. The summed E-state index contributed by atoms with van der Waals surface area (Å²) in [7, 11) is 1.82. The molecular weight excluding hydrogens is 230 g/mol. The molecule has 1 aromatic rings. The van der Waals surface area contributed by atoms with Crippen LogP contribution < -0.4 is 5.32 Å². The molecule has 1 aromatic heterocycles. The highest BCUT2D eigenvalue weighted by Crippen LogP contribution is 2.23. The Morgan fingerprint density at radius 1 is 1.56 bits per heavy atom. The van der Waals surface area contributed by atoms with Crippen molar-refractivity contribution in [1.82, 2.24) is 15.1 Å². The summed E-state index contributed by atoms with van der Waals surface area (Å²) in [6, 6.07) is 1.77. The maximum absolute atomic E-state index is 11.9. The minimum Gasteiger partial charge on any atom is -0.393 e. The maximum atomic E-state index is 11.9. The predicted octanol–water partition coefficient (Wildman–Crippen LogP) is 1.01. The molecule has 100 valence electrons. The van der Waals surface area contributed by atoms with E-state index in [2.05, 4.69) is 10.4 Å². The van der Waals surface area contributed by atoms with Crippen molar-refractivity contribution in [3.8, 4) is 0 Å². The van der Waals surface area contributed by atoms with Gasteiger partial charge in [-0.25, -0.2) is 0 Å². The molecule has 0 unspecified atom stereocenters. The number of hydrogen-bond donors (Lipinski definition) is 2. The van der Waals surface area contributed by atoms with Gasteiger partial charge >= 0.3 is 0 Å². The third kappa shape index (κ3) is 2.90. The Morgan fingerprint density at radius 2 is 2.28 bits per heavy atom. The molecule has 0 aliphatic heterocycles. The van der Waals surface area contributed by atoms with Crippen molar-refractivity contribution in [2.75, 3.05) is 6.54 Å². The van der Waals surface area contributed by atoms with Crippen molar-refractivity contribution in [3.63, 3.8) is 0 Å². The Hall–Kier alpha value is -1.36. The highest BCUT2D eigenvalue weighted by Gasteiger charge is 2.23. The van der Waals surface area contributed by atoms with Gasteiger partial charge in [-0.2, -0.15) is 5.10 Å². The molecule has 18 heavy (non-hydrogen) atoms. The first-order valence-electron chi connectivity index (χ1n) is 6.55. The second-order valence-electron chi connectivity index (χ2n) is 5.12. The lowest BCUT2D eigenvalue weighted by atomic mass is 9.86. The maximum Gasteiger partial charge on any atom is 0.271 e. The summed E-state index contributed by atoms with van der Waals surface area (Å²) in [4.78, 5) is 11.9. The lowest BCUT2D eigenvalue weighted by Crippen LogP contribution is -2.36. The molecule has 0 spiro atoms. The van der Waals surface area contributed by atoms with Crippen molar-refractivity contribution in [2.45, 2.75) is 38.7 Å². The van der Waals surface area contributed by atoms with Crippen LogP contribution in [0.25, 0.3) is 0 Å². The third-order valence-corrected chi connectivity index (χ3v) is 3.74. The summed E-state index contributed by atoms with van der Waals surface area (Å²) in [5.74, 6) is 0.0315. The van der Waals surface area contributed by atoms with Crippen LogP contribution in [0.3, 0.4) is 0 Å². The summed E-state index contributed by atoms with van der Waals surface area (Å²) in [5, 5.41) is 16.8. The normalized spacial score (nSPS) is 23.9. The molecule has 1 saturated carbocycles. The monoisotopic (exact) mass is 251 g/mol. The SMILES string of the molecule is Cc1cc(C(=O)NC[C@@H]2CCCC[C@H]2O)nn1C. The number of nitrogens with zero attached hydrogens (tertiary/aromatic N) is 2. The molecule has 2 atom stereocenters. The van der Waals surface area contributed by atoms with Crippen molar-refractivity contribution < 1.29 is 9.90 Å². The van der Waals surface area contributed by atoms with Gasteiger partial charge in [0.1, 0.15) is 5.69 Å². The molecule has 0 saturated heterocycles. The smallest absolute Gasteiger partial charge is 0.271 e. The molecule has 0 radical (unpaired) electrons. The van der Waals surface area contributed by atoms with Gasteiger partial charge in [-0.1, -0.05) is 12.8 Å². The van der Waals surface area contributed by atoms with Crippen LogP contribution >= 0.6 is 0 Å². The number of aliphatic hydroxyl groups is 1. The Morgan fingerprint density at radius 3 is 2.89 bits per heavy atom. The number of nitrogens with one attached hydrogen (secondary N) is 1. The van der Waals surface area contributed by atoms with Gasteiger partial charge in [-0.05, 0) is 25.8 Å². The molecule has 1 amide bonds. The number of rotatable bonds is 3. The van der Waals surface area contributed by atoms with E-state index in [1.54, 1.807) is 10.7 Å². The zero-order chi connectivity index (χ0) is 13.1. The topological polar surface area (TPSA) is 67.2 Å². The third-order valence-electron chi connectivity index (χ3n) is 3.74. The van der Waals surface area contributed by atoms with Crippen LogP contribution in [-0.4, -0.2) is 33.4 Å². The first kappa shape index (κ1) is 13.1. The molecule has 5 nitrogen and oxygen atoms in total. The van der Waals surface area contributed by atoms with Gasteiger partial charge in [0.25, 0.3) is 5.91 Å². The zero-order valence-corrected chi connectivity index (χ0v) is 11.0. The summed E-state index contributed by atoms with van der Waals surface area (Å²) in [6.07, 6.45) is 3.79. The molecule has 5 heteroatoms. The summed E-state index contributed by atoms with van der Waals surface area (Å²) >= 11 is 0. The van der Waals surface area contributed by atoms with Crippen LogP contribution in [0.1, 0.15) is 41.9 Å². The highest BCUT2D eigenvalue weighted by atomic mass is 16.3. The van der Waals surface area contributed by atoms with Gasteiger partial charge in [0, 0.05) is 25.2 Å². The van der Waals surface area contributed by atoms with Gasteiger partial charge in [0.2, 0.25) is 0 Å². The number of aryl methyl sites for hydroxylation is 2. The summed E-state index contributed by atoms with van der Waals surface area (Å²) in [6.45, 7) is 2.45. The number of aliphatic hydroxyl groups excluding tert-OH is 1. The first-order chi connectivity index (χ1) is 8.58. The van der Waals surface area contributed by atoms with E-state index in [1.807, 2.05) is 14.0 Å². The predicted molar refractivity (Wildman–Crippen MR) is 68.2 cm³/mol. The van der Waals surface area contributed by atoms with E-state index in [9.17, 15) is 9.90 Å². The highest BCUT2D eigenvalue weighted by molar-refractivity contribution is 5.92. The summed E-state index contributed by atoms with van der Waals surface area (Å²) in [5.41, 5.74) is 1.40. The fourth-order valence-corrected chi connectivity index (χ4v) is 2.41. The van der Waals surface area contributed by atoms with E-state index in [0.29, 0.717) is 12.2 Å². The molecule has 1 heterocycles. The second kappa shape index (κ2) is 5.52. The molecule has 0 aromatic carbocycles. The molecular formula is C13H21N3O2. The van der Waals surface area contributed by atoms with Crippen LogP contribution in [0, 0.1) is 12.8 Å². The van der Waals surface area contributed by atoms with Crippen molar-refractivity contribution >= 4 is 5.91 Å². The molecule has 1 aliphatic carbocycles. The number of amides is 1. The molecule has 1 aliphatic rings. The number of hydrogen-bond acceptors (Lipinski definition) is 3. The van der Waals surface area contributed by atoms with Crippen molar-refractivity contribution in [1.29, 1.82) is 0 Å². The van der Waals surface area contributed by atoms with Gasteiger partial charge in [-0.3, -0.25) is 9.48 Å². The van der Waals surface area contributed by atoms with Crippen LogP contribution in [-0.2, 0) is 7.05 Å². The Balaban J connectivity index is 1.88. The minimum absolute atomic E-state index is 0.156. The Kier molecular flexibility index (Phi) is 4.01. The lowest BCUT2D eigenvalue weighted by Gasteiger charge is -2.27. The van der Waals surface area contributed by atoms with Crippen LogP contribution in [0.15, 0.2) is 6.07 Å². The average Bonchev–Trinajstić information content (AvgIpc) is 2.68. The largest absolute Gasteiger partial charge is 0.393 e. The lowest BCUT2D eigenvalue weighted by molar-refractivity contribution is 0.0661. The number of carbonyl (C=O) groups excluding carboxylic acids is 1. The van der Waals surface area contributed by atoms with Gasteiger partial charge in [0.05, 0.1) is 6.10 Å². The fraction of sp³-hybridized carbons (Fsp3) is 0.692. The quantitative estimate of drug-likeness (QED) is 0.842. The van der Waals surface area contributed by atoms with Gasteiger partial charge in [0.15, 0.2) is 0 Å². The Bertz CT molecular complexity index is 408. The Labute approximate surface area is 107 Å². The van der Waals surface area contributed by atoms with E-state index in [4.69, 9.17) is 0 Å². The van der Waals surface area contributed by atoms with E-state index < -0.39 is 0 Å². The van der Waals surface area contributed by atoms with E-state index in [-0.39, 0.29) is 17.9 Å². The molecule has 0 bridgehead atoms. The standard InChI is InChI=1S/C13H21N3O2/c1-9-7-11(15-16(9)2)13(18)14-8-10-5-3-4-6-12(10)17/h7,10,12,17H,3-6,8H2,1-2H3,(H,14,18)/t10-,12+/m0/s1. The van der Waals surface area contributed by atoms with E-state index >= 15 is 0 Å². The number of carbonyl (C=O) groups is 1. The second-order valence-corrected chi connectivity index (χ2v) is 5.12. The molecule has 2 rings (SSSR count). The van der Waals surface area contributed by atoms with Gasteiger partial charge < -0.3 is 10.4 Å². The minimum atomic E-state index is -0.274. The van der Waals surface area contributed by atoms with Crippen LogP contribution in [0.4, 0.5) is 0 Å². The van der Waals surface area contributed by atoms with E-state index in [0.717, 1.165) is 31.4 Å². The van der Waals surface area contributed by atoms with Crippen LogP contribution in [0.5, 0.6) is 0 Å². The molecule has 2 N–H and O–H groups in total. The van der Waals surface area contributed by atoms with E-state index in [1.165, 1.54) is 0 Å². The molecule has 1 fully saturated rings. The van der Waals surface area contributed by atoms with Crippen LogP contribution in [0.2, 0.25) is 0 Å². The number of aromatic nitrogens is 2.